The molecular formula is C21H19BFN3O3. The number of carbonyl (C=O) groups is 1. The first-order valence-electron chi connectivity index (χ1n) is 9.67. The third-order valence-corrected chi connectivity index (χ3v) is 5.97. The van der Waals surface area contributed by atoms with Crippen LogP contribution in [-0.2, 0) is 16.7 Å². The predicted molar refractivity (Wildman–Crippen MR) is 105 cm³/mol. The third kappa shape index (κ3) is 2.91. The van der Waals surface area contributed by atoms with Crippen molar-refractivity contribution in [2.75, 3.05) is 0 Å². The number of hydrogen-bond donors (Lipinski definition) is 1. The average molecular weight is 391 g/mol. The minimum absolute atomic E-state index is 0.149. The largest absolute Gasteiger partial charge is 0.492 e. The van der Waals surface area contributed by atoms with Crippen LogP contribution in [0.15, 0.2) is 42.5 Å². The molecule has 146 valence electrons. The summed E-state index contributed by atoms with van der Waals surface area (Å²) in [6, 6.07) is 11.6. The fraction of sp³-hybridized carbons (Fsp3) is 0.286. The van der Waals surface area contributed by atoms with E-state index in [2.05, 4.69) is 10.3 Å². The number of hydrogen-bond acceptors (Lipinski definition) is 5. The number of ketones is 1. The Balaban J connectivity index is 1.39. The first-order valence-corrected chi connectivity index (χ1v) is 9.67. The molecule has 1 spiro atoms. The van der Waals surface area contributed by atoms with E-state index in [1.807, 2.05) is 18.2 Å². The van der Waals surface area contributed by atoms with Crippen LogP contribution in [0.5, 0.6) is 0 Å². The van der Waals surface area contributed by atoms with Crippen LogP contribution in [0.3, 0.4) is 0 Å². The van der Waals surface area contributed by atoms with Crippen molar-refractivity contribution in [1.29, 1.82) is 0 Å². The standard InChI is InChI=1S/C21H19BFN3O3/c1-13-20(24-25-26(13)16-6-4-15(23)5-7-16)19(27)12-14-3-8-17-18(11-14)22(28)29-21(17)9-2-10-21/h3-8,11,28H,2,9-10,12H2,1H3. The average Bonchev–Trinajstić information content (AvgIpc) is 3.20. The SMILES string of the molecule is Cc1c(C(=O)Cc2ccc3c(c2)B(O)OC32CCC2)nnn1-c1ccc(F)cc1. The van der Waals surface area contributed by atoms with Gasteiger partial charge < -0.3 is 9.68 Å². The summed E-state index contributed by atoms with van der Waals surface area (Å²) in [4.78, 5) is 12.8. The van der Waals surface area contributed by atoms with E-state index in [9.17, 15) is 14.2 Å². The van der Waals surface area contributed by atoms with E-state index < -0.39 is 7.12 Å². The molecule has 1 N–H and O–H groups in total. The molecule has 2 heterocycles. The highest BCUT2D eigenvalue weighted by Crippen LogP contribution is 2.47. The molecule has 29 heavy (non-hydrogen) atoms. The number of Topliss-reactive ketones (excluding diaryl/α,β-unsaturated/α-hetero) is 1. The van der Waals surface area contributed by atoms with Gasteiger partial charge in [-0.05, 0) is 67.0 Å². The summed E-state index contributed by atoms with van der Waals surface area (Å²) in [6.45, 7) is 1.76. The van der Waals surface area contributed by atoms with Crippen molar-refractivity contribution in [1.82, 2.24) is 15.0 Å². The van der Waals surface area contributed by atoms with Crippen LogP contribution in [0.1, 0.15) is 46.6 Å². The van der Waals surface area contributed by atoms with Crippen LogP contribution in [0.4, 0.5) is 4.39 Å². The summed E-state index contributed by atoms with van der Waals surface area (Å²) in [7, 11) is -0.943. The molecule has 0 saturated heterocycles. The first-order chi connectivity index (χ1) is 14.0. The van der Waals surface area contributed by atoms with E-state index >= 15 is 0 Å². The predicted octanol–water partition coefficient (Wildman–Crippen LogP) is 2.24. The van der Waals surface area contributed by atoms with Crippen LogP contribution >= 0.6 is 0 Å². The quantitative estimate of drug-likeness (QED) is 0.545. The molecule has 1 aliphatic carbocycles. The van der Waals surface area contributed by atoms with Crippen molar-refractivity contribution in [3.8, 4) is 5.69 Å². The van der Waals surface area contributed by atoms with Crippen molar-refractivity contribution in [3.05, 3.63) is 70.8 Å². The summed E-state index contributed by atoms with van der Waals surface area (Å²) in [5, 5.41) is 18.4. The number of benzene rings is 2. The van der Waals surface area contributed by atoms with Gasteiger partial charge in [0.1, 0.15) is 5.82 Å². The molecule has 0 amide bonds. The zero-order valence-corrected chi connectivity index (χ0v) is 15.9. The van der Waals surface area contributed by atoms with E-state index in [0.717, 1.165) is 35.9 Å². The van der Waals surface area contributed by atoms with Gasteiger partial charge in [0.25, 0.3) is 0 Å². The summed E-state index contributed by atoms with van der Waals surface area (Å²) >= 11 is 0. The fourth-order valence-electron chi connectivity index (χ4n) is 4.25. The minimum atomic E-state index is -0.943. The second-order valence-electron chi connectivity index (χ2n) is 7.75. The summed E-state index contributed by atoms with van der Waals surface area (Å²) in [5.74, 6) is -0.503. The van der Waals surface area contributed by atoms with E-state index in [1.54, 1.807) is 19.1 Å². The summed E-state index contributed by atoms with van der Waals surface area (Å²) in [6.07, 6.45) is 3.08. The summed E-state index contributed by atoms with van der Waals surface area (Å²) < 4.78 is 20.5. The van der Waals surface area contributed by atoms with Gasteiger partial charge in [-0.2, -0.15) is 0 Å². The fourth-order valence-corrected chi connectivity index (χ4v) is 4.25. The molecule has 2 aromatic carbocycles. The Morgan fingerprint density at radius 3 is 2.72 bits per heavy atom. The van der Waals surface area contributed by atoms with Gasteiger partial charge in [-0.1, -0.05) is 23.4 Å². The van der Waals surface area contributed by atoms with Crippen LogP contribution in [0.2, 0.25) is 0 Å². The number of nitrogens with zero attached hydrogens (tertiary/aromatic N) is 3. The molecule has 3 aromatic rings. The molecule has 1 fully saturated rings. The van der Waals surface area contributed by atoms with E-state index in [-0.39, 0.29) is 29.3 Å². The highest BCUT2D eigenvalue weighted by atomic mass is 19.1. The van der Waals surface area contributed by atoms with E-state index in [0.29, 0.717) is 11.4 Å². The lowest BCUT2D eigenvalue weighted by Gasteiger charge is -2.39. The van der Waals surface area contributed by atoms with Gasteiger partial charge in [0.15, 0.2) is 11.5 Å². The number of carbonyl (C=O) groups excluding carboxylic acids is 1. The van der Waals surface area contributed by atoms with Gasteiger partial charge >= 0.3 is 7.12 Å². The topological polar surface area (TPSA) is 77.2 Å². The molecule has 5 rings (SSSR count). The molecule has 0 unspecified atom stereocenters. The van der Waals surface area contributed by atoms with Crippen molar-refractivity contribution in [2.45, 2.75) is 38.2 Å². The van der Waals surface area contributed by atoms with Gasteiger partial charge in [-0.15, -0.1) is 5.10 Å². The Bertz CT molecular complexity index is 1110. The molecule has 8 heteroatoms. The van der Waals surface area contributed by atoms with Crippen LogP contribution in [0.25, 0.3) is 5.69 Å². The maximum Gasteiger partial charge on any atom is 0.492 e. The molecule has 6 nitrogen and oxygen atoms in total. The summed E-state index contributed by atoms with van der Waals surface area (Å²) in [5.41, 5.74) is 3.75. The van der Waals surface area contributed by atoms with Crippen molar-refractivity contribution in [2.24, 2.45) is 0 Å². The number of halogens is 1. The first kappa shape index (κ1) is 18.2. The van der Waals surface area contributed by atoms with Crippen LogP contribution in [0, 0.1) is 12.7 Å². The van der Waals surface area contributed by atoms with Gasteiger partial charge in [-0.25, -0.2) is 9.07 Å². The van der Waals surface area contributed by atoms with Crippen molar-refractivity contribution < 1.29 is 18.9 Å². The van der Waals surface area contributed by atoms with Gasteiger partial charge in [0, 0.05) is 6.42 Å². The third-order valence-electron chi connectivity index (χ3n) is 5.97. The molecule has 0 radical (unpaired) electrons. The molecular weight excluding hydrogens is 372 g/mol. The zero-order valence-electron chi connectivity index (χ0n) is 15.9. The lowest BCUT2D eigenvalue weighted by atomic mass is 9.72. The molecule has 1 saturated carbocycles. The minimum Gasteiger partial charge on any atom is -0.423 e. The Morgan fingerprint density at radius 2 is 2.03 bits per heavy atom. The van der Waals surface area contributed by atoms with Crippen LogP contribution in [-0.4, -0.2) is 32.9 Å². The Hall–Kier alpha value is -2.84. The normalized spacial score (nSPS) is 16.7. The van der Waals surface area contributed by atoms with E-state index in [4.69, 9.17) is 4.65 Å². The highest BCUT2D eigenvalue weighted by molar-refractivity contribution is 6.62. The molecule has 0 atom stereocenters. The van der Waals surface area contributed by atoms with Gasteiger partial charge in [0.05, 0.1) is 17.0 Å². The van der Waals surface area contributed by atoms with Crippen LogP contribution < -0.4 is 5.46 Å². The van der Waals surface area contributed by atoms with Gasteiger partial charge in [-0.3, -0.25) is 4.79 Å². The maximum absolute atomic E-state index is 13.1. The van der Waals surface area contributed by atoms with Gasteiger partial charge in [0.2, 0.25) is 0 Å². The number of aromatic nitrogens is 3. The van der Waals surface area contributed by atoms with Crippen molar-refractivity contribution in [3.63, 3.8) is 0 Å². The smallest absolute Gasteiger partial charge is 0.423 e. The monoisotopic (exact) mass is 391 g/mol. The number of fused-ring (bicyclic) bond motifs is 2. The number of rotatable bonds is 4. The second kappa shape index (κ2) is 6.61. The Labute approximate surface area is 167 Å². The Morgan fingerprint density at radius 1 is 1.28 bits per heavy atom. The molecule has 1 aliphatic heterocycles. The second-order valence-corrected chi connectivity index (χ2v) is 7.75. The molecule has 2 aliphatic rings. The Kier molecular flexibility index (Phi) is 4.15. The molecule has 0 bridgehead atoms. The lowest BCUT2D eigenvalue weighted by molar-refractivity contribution is -0.0152. The molecule has 1 aromatic heterocycles. The highest BCUT2D eigenvalue weighted by Gasteiger charge is 2.50. The van der Waals surface area contributed by atoms with Crippen molar-refractivity contribution >= 4 is 18.4 Å². The zero-order chi connectivity index (χ0) is 20.2. The van der Waals surface area contributed by atoms with E-state index in [1.165, 1.54) is 16.8 Å². The lowest BCUT2D eigenvalue weighted by Crippen LogP contribution is -2.35. The maximum atomic E-state index is 13.1.